The molecule has 1 fully saturated rings. The molecule has 0 aliphatic carbocycles. The Morgan fingerprint density at radius 2 is 1.68 bits per heavy atom. The minimum Gasteiger partial charge on any atom is -0.493 e. The Balaban J connectivity index is 2.05. The molecule has 2 heterocycles. The molecule has 2 aromatic rings. The van der Waals surface area contributed by atoms with E-state index in [1.54, 1.807) is 7.11 Å². The van der Waals surface area contributed by atoms with Gasteiger partial charge in [-0.2, -0.15) is 0 Å². The van der Waals surface area contributed by atoms with Gasteiger partial charge < -0.3 is 18.5 Å². The van der Waals surface area contributed by atoms with Gasteiger partial charge in [-0.3, -0.25) is 0 Å². The average molecular weight is 302 g/mol. The van der Waals surface area contributed by atoms with Crippen molar-refractivity contribution in [1.82, 2.24) is 0 Å². The Kier molecular flexibility index (Phi) is 3.53. The fourth-order valence-electron chi connectivity index (χ4n) is 2.64. The van der Waals surface area contributed by atoms with Gasteiger partial charge in [0.05, 0.1) is 18.3 Å². The second kappa shape index (κ2) is 5.03. The number of furan rings is 1. The summed E-state index contributed by atoms with van der Waals surface area (Å²) in [6.45, 7) is 10.3. The van der Waals surface area contributed by atoms with Crippen LogP contribution in [0.5, 0.6) is 5.75 Å². The summed E-state index contributed by atoms with van der Waals surface area (Å²) in [5, 5.41) is 1.01. The molecule has 22 heavy (non-hydrogen) atoms. The van der Waals surface area contributed by atoms with Crippen LogP contribution in [-0.4, -0.2) is 25.4 Å². The van der Waals surface area contributed by atoms with Gasteiger partial charge in [-0.1, -0.05) is 13.0 Å². The lowest BCUT2D eigenvalue weighted by molar-refractivity contribution is 0.00578. The molecule has 4 nitrogen and oxygen atoms in total. The molecule has 0 amide bonds. The van der Waals surface area contributed by atoms with Crippen LogP contribution in [-0.2, 0) is 15.7 Å². The predicted molar refractivity (Wildman–Crippen MR) is 87.9 cm³/mol. The number of hydrogen-bond acceptors (Lipinski definition) is 4. The van der Waals surface area contributed by atoms with Gasteiger partial charge in [0.25, 0.3) is 0 Å². The number of hydrogen-bond donors (Lipinski definition) is 0. The zero-order valence-corrected chi connectivity index (χ0v) is 14.1. The zero-order valence-electron chi connectivity index (χ0n) is 14.1. The van der Waals surface area contributed by atoms with E-state index < -0.39 is 7.12 Å². The third-order valence-electron chi connectivity index (χ3n) is 4.75. The van der Waals surface area contributed by atoms with Crippen molar-refractivity contribution >= 4 is 23.6 Å². The molecule has 0 radical (unpaired) electrons. The molecular weight excluding hydrogens is 279 g/mol. The molecule has 1 saturated heterocycles. The number of benzene rings is 1. The SMILES string of the molecule is CCc1cc2cc(B3OC(C)(C)C(C)(C)O3)cc(OC)c2o1. The highest BCUT2D eigenvalue weighted by Crippen LogP contribution is 2.37. The monoisotopic (exact) mass is 302 g/mol. The van der Waals surface area contributed by atoms with Crippen LogP contribution in [0.15, 0.2) is 22.6 Å². The van der Waals surface area contributed by atoms with Gasteiger partial charge in [-0.15, -0.1) is 0 Å². The highest BCUT2D eigenvalue weighted by Gasteiger charge is 2.51. The van der Waals surface area contributed by atoms with E-state index in [9.17, 15) is 0 Å². The van der Waals surface area contributed by atoms with Crippen molar-refractivity contribution in [2.75, 3.05) is 7.11 Å². The highest BCUT2D eigenvalue weighted by atomic mass is 16.7. The molecule has 3 rings (SSSR count). The predicted octanol–water partition coefficient (Wildman–Crippen LogP) is 3.30. The summed E-state index contributed by atoms with van der Waals surface area (Å²) in [5.74, 6) is 1.65. The van der Waals surface area contributed by atoms with Gasteiger partial charge in [-0.25, -0.2) is 0 Å². The van der Waals surface area contributed by atoms with Crippen LogP contribution in [0.2, 0.25) is 0 Å². The van der Waals surface area contributed by atoms with Crippen molar-refractivity contribution in [3.05, 3.63) is 24.0 Å². The first kappa shape index (κ1) is 15.4. The molecule has 0 unspecified atom stereocenters. The van der Waals surface area contributed by atoms with E-state index in [2.05, 4.69) is 40.7 Å². The van der Waals surface area contributed by atoms with E-state index in [0.717, 1.165) is 28.6 Å². The number of aryl methyl sites for hydroxylation is 1. The summed E-state index contributed by atoms with van der Waals surface area (Å²) < 4.78 is 23.6. The van der Waals surface area contributed by atoms with Gasteiger partial charge in [0.1, 0.15) is 5.76 Å². The molecule has 0 spiro atoms. The molecule has 0 saturated carbocycles. The normalized spacial score (nSPS) is 19.8. The molecule has 1 aromatic heterocycles. The van der Waals surface area contributed by atoms with Crippen molar-refractivity contribution in [2.45, 2.75) is 52.2 Å². The molecule has 5 heteroatoms. The van der Waals surface area contributed by atoms with E-state index >= 15 is 0 Å². The maximum absolute atomic E-state index is 6.12. The Labute approximate surface area is 131 Å². The average Bonchev–Trinajstić information content (AvgIpc) is 2.96. The number of fused-ring (bicyclic) bond motifs is 1. The summed E-state index contributed by atoms with van der Waals surface area (Å²) in [7, 11) is 1.25. The standard InChI is InChI=1S/C17H23BO4/c1-7-13-9-11-8-12(10-14(19-6)15(11)20-13)18-21-16(2,3)17(4,5)22-18/h8-10H,7H2,1-6H3. The van der Waals surface area contributed by atoms with Gasteiger partial charge in [0.2, 0.25) is 0 Å². The Morgan fingerprint density at radius 1 is 1.05 bits per heavy atom. The second-order valence-electron chi connectivity index (χ2n) is 6.80. The molecule has 0 N–H and O–H groups in total. The molecule has 118 valence electrons. The van der Waals surface area contributed by atoms with Crippen LogP contribution in [0.4, 0.5) is 0 Å². The Hall–Kier alpha value is -1.46. The number of methoxy groups -OCH3 is 1. The fourth-order valence-corrected chi connectivity index (χ4v) is 2.64. The van der Waals surface area contributed by atoms with Crippen molar-refractivity contribution < 1.29 is 18.5 Å². The van der Waals surface area contributed by atoms with Crippen molar-refractivity contribution in [1.29, 1.82) is 0 Å². The molecule has 1 aliphatic heterocycles. The van der Waals surface area contributed by atoms with Gasteiger partial charge in [0.15, 0.2) is 11.3 Å². The molecular formula is C17H23BO4. The van der Waals surface area contributed by atoms with Gasteiger partial charge >= 0.3 is 7.12 Å². The lowest BCUT2D eigenvalue weighted by atomic mass is 9.78. The topological polar surface area (TPSA) is 40.8 Å². The first-order valence-corrected chi connectivity index (χ1v) is 7.73. The number of ether oxygens (including phenoxy) is 1. The lowest BCUT2D eigenvalue weighted by Crippen LogP contribution is -2.41. The van der Waals surface area contributed by atoms with Crippen molar-refractivity contribution in [3.8, 4) is 5.75 Å². The first-order chi connectivity index (χ1) is 10.3. The van der Waals surface area contributed by atoms with E-state index in [1.165, 1.54) is 0 Å². The largest absolute Gasteiger partial charge is 0.494 e. The summed E-state index contributed by atoms with van der Waals surface area (Å²) >= 11 is 0. The fraction of sp³-hybridized carbons (Fsp3) is 0.529. The third kappa shape index (κ3) is 2.33. The van der Waals surface area contributed by atoms with E-state index in [4.69, 9.17) is 18.5 Å². The van der Waals surface area contributed by atoms with Crippen LogP contribution in [0.3, 0.4) is 0 Å². The van der Waals surface area contributed by atoms with Gasteiger partial charge in [-0.05, 0) is 45.3 Å². The summed E-state index contributed by atoms with van der Waals surface area (Å²) in [4.78, 5) is 0. The summed E-state index contributed by atoms with van der Waals surface area (Å²) in [5.41, 5.74) is 1.02. The van der Waals surface area contributed by atoms with E-state index in [0.29, 0.717) is 5.75 Å². The molecule has 0 bridgehead atoms. The molecule has 0 atom stereocenters. The number of rotatable bonds is 3. The first-order valence-electron chi connectivity index (χ1n) is 7.73. The smallest absolute Gasteiger partial charge is 0.493 e. The third-order valence-corrected chi connectivity index (χ3v) is 4.75. The quantitative estimate of drug-likeness (QED) is 0.816. The van der Waals surface area contributed by atoms with Crippen molar-refractivity contribution in [3.63, 3.8) is 0 Å². The summed E-state index contributed by atoms with van der Waals surface area (Å²) in [6.07, 6.45) is 0.851. The summed E-state index contributed by atoms with van der Waals surface area (Å²) in [6, 6.07) is 6.04. The zero-order chi connectivity index (χ0) is 16.1. The maximum Gasteiger partial charge on any atom is 0.494 e. The molecule has 1 aromatic carbocycles. The second-order valence-corrected chi connectivity index (χ2v) is 6.80. The van der Waals surface area contributed by atoms with Crippen LogP contribution in [0, 0.1) is 0 Å². The minimum absolute atomic E-state index is 0.356. The van der Waals surface area contributed by atoms with E-state index in [-0.39, 0.29) is 11.2 Å². The van der Waals surface area contributed by atoms with Crippen LogP contribution < -0.4 is 10.2 Å². The maximum atomic E-state index is 6.12. The van der Waals surface area contributed by atoms with Crippen LogP contribution >= 0.6 is 0 Å². The lowest BCUT2D eigenvalue weighted by Gasteiger charge is -2.32. The van der Waals surface area contributed by atoms with E-state index in [1.807, 2.05) is 12.1 Å². The Morgan fingerprint density at radius 3 is 2.23 bits per heavy atom. The Bertz CT molecular complexity index is 686. The highest BCUT2D eigenvalue weighted by molar-refractivity contribution is 6.62. The van der Waals surface area contributed by atoms with Crippen LogP contribution in [0.1, 0.15) is 40.4 Å². The minimum atomic E-state index is -0.400. The van der Waals surface area contributed by atoms with Crippen molar-refractivity contribution in [2.24, 2.45) is 0 Å². The van der Waals surface area contributed by atoms with Crippen LogP contribution in [0.25, 0.3) is 11.0 Å². The van der Waals surface area contributed by atoms with Gasteiger partial charge in [0, 0.05) is 11.8 Å². The molecule has 1 aliphatic rings.